The summed E-state index contributed by atoms with van der Waals surface area (Å²) >= 11 is 0. The molecule has 8 heavy (non-hydrogen) atoms. The van der Waals surface area contributed by atoms with E-state index in [-0.39, 0.29) is 1.43 Å². The highest BCUT2D eigenvalue weighted by atomic mass is 16.4. The van der Waals surface area contributed by atoms with Crippen LogP contribution in [0, 0.1) is 0 Å². The minimum Gasteiger partial charge on any atom is -0.478 e. The summed E-state index contributed by atoms with van der Waals surface area (Å²) in [5, 5.41) is 15.6. The monoisotopic (exact) mass is 118 g/mol. The Morgan fingerprint density at radius 2 is 1.38 bits per heavy atom. The molecule has 0 amide bonds. The van der Waals surface area contributed by atoms with E-state index in [4.69, 9.17) is 10.2 Å². The fourth-order valence-corrected chi connectivity index (χ4v) is 0.143. The molecular weight excluding hydrogens is 112 g/mol. The first-order valence-corrected chi connectivity index (χ1v) is 1.77. The minimum absolute atomic E-state index is 0. The van der Waals surface area contributed by atoms with Crippen molar-refractivity contribution in [2.24, 2.45) is 0 Å². The highest BCUT2D eigenvalue weighted by Crippen LogP contribution is 1.70. The lowest BCUT2D eigenvalue weighted by Gasteiger charge is -1.74. The first kappa shape index (κ1) is 6.68. The van der Waals surface area contributed by atoms with Gasteiger partial charge in [0.15, 0.2) is 0 Å². The topological polar surface area (TPSA) is 74.6 Å². The Morgan fingerprint density at radius 1 is 1.12 bits per heavy atom. The Hall–Kier alpha value is -1.32. The van der Waals surface area contributed by atoms with Gasteiger partial charge in [-0.2, -0.15) is 0 Å². The quantitative estimate of drug-likeness (QED) is 0.499. The van der Waals surface area contributed by atoms with E-state index < -0.39 is 11.9 Å². The van der Waals surface area contributed by atoms with Crippen LogP contribution in [-0.2, 0) is 9.59 Å². The van der Waals surface area contributed by atoms with Crippen molar-refractivity contribution in [3.05, 3.63) is 12.2 Å². The second-order valence-corrected chi connectivity index (χ2v) is 1.01. The van der Waals surface area contributed by atoms with Gasteiger partial charge in [-0.3, -0.25) is 0 Å². The van der Waals surface area contributed by atoms with Gasteiger partial charge in [-0.15, -0.1) is 0 Å². The number of aliphatic carboxylic acids is 2. The normalized spacial score (nSPS) is 9.50. The van der Waals surface area contributed by atoms with Gasteiger partial charge in [-0.1, -0.05) is 0 Å². The lowest BCUT2D eigenvalue weighted by Crippen LogP contribution is -1.91. The third kappa shape index (κ3) is 4.68. The molecule has 4 nitrogen and oxygen atoms in total. The van der Waals surface area contributed by atoms with Crippen molar-refractivity contribution in [3.8, 4) is 0 Å². The average Bonchev–Trinajstić information content (AvgIpc) is 1.61. The van der Waals surface area contributed by atoms with Crippen molar-refractivity contribution in [1.29, 1.82) is 0 Å². The predicted octanol–water partition coefficient (Wildman–Crippen LogP) is -0.0422. The number of carboxylic acid groups (broad SMARTS) is 2. The predicted molar refractivity (Wildman–Crippen MR) is 26.5 cm³/mol. The molecule has 0 aliphatic rings. The third-order valence-electron chi connectivity index (χ3n) is 0.368. The van der Waals surface area contributed by atoms with Gasteiger partial charge in [0.05, 0.1) is 0 Å². The Labute approximate surface area is 46.5 Å². The molecule has 0 atom stereocenters. The van der Waals surface area contributed by atoms with Gasteiger partial charge in [0.2, 0.25) is 0 Å². The summed E-state index contributed by atoms with van der Waals surface area (Å²) in [5.41, 5.74) is 0. The van der Waals surface area contributed by atoms with Crippen molar-refractivity contribution >= 4 is 11.9 Å². The highest BCUT2D eigenvalue weighted by molar-refractivity contribution is 5.89. The first-order valence-electron chi connectivity index (χ1n) is 1.77. The van der Waals surface area contributed by atoms with Gasteiger partial charge < -0.3 is 10.2 Å². The van der Waals surface area contributed by atoms with Gasteiger partial charge >= 0.3 is 11.9 Å². The summed E-state index contributed by atoms with van der Waals surface area (Å²) in [7, 11) is 0. The molecule has 2 N–H and O–H groups in total. The van der Waals surface area contributed by atoms with Crippen LogP contribution in [0.25, 0.3) is 0 Å². The SMILES string of the molecule is O=C(O)C=CC(=O)O.[HH]. The molecule has 0 aliphatic heterocycles. The first-order chi connectivity index (χ1) is 3.63. The second-order valence-electron chi connectivity index (χ2n) is 1.01. The Kier molecular flexibility index (Phi) is 2.33. The van der Waals surface area contributed by atoms with Crippen LogP contribution in [0.5, 0.6) is 0 Å². The van der Waals surface area contributed by atoms with E-state index in [0.717, 1.165) is 0 Å². The van der Waals surface area contributed by atoms with E-state index in [9.17, 15) is 9.59 Å². The molecule has 0 aromatic carbocycles. The standard InChI is InChI=1S/C4H4O4.H2/c5-3(6)1-2-4(7)8;/h1-2H,(H,5,6)(H,7,8);1H. The summed E-state index contributed by atoms with van der Waals surface area (Å²) in [5.74, 6) is -2.51. The molecule has 46 valence electrons. The summed E-state index contributed by atoms with van der Waals surface area (Å²) in [6.07, 6.45) is 1.12. The number of hydrogen-bond acceptors (Lipinski definition) is 2. The molecule has 0 aromatic rings. The van der Waals surface area contributed by atoms with Crippen LogP contribution in [0.3, 0.4) is 0 Å². The van der Waals surface area contributed by atoms with Crippen molar-refractivity contribution < 1.29 is 21.2 Å². The molecule has 0 aliphatic carbocycles. The lowest BCUT2D eigenvalue weighted by molar-refractivity contribution is -0.134. The number of carbonyl (C=O) groups is 2. The van der Waals surface area contributed by atoms with Crippen LogP contribution in [0.1, 0.15) is 1.43 Å². The maximum absolute atomic E-state index is 9.55. The minimum atomic E-state index is -1.26. The van der Waals surface area contributed by atoms with Crippen molar-refractivity contribution in [2.45, 2.75) is 0 Å². The summed E-state index contributed by atoms with van der Waals surface area (Å²) in [4.78, 5) is 19.1. The van der Waals surface area contributed by atoms with Gasteiger partial charge in [-0.05, 0) is 0 Å². The van der Waals surface area contributed by atoms with E-state index in [1.54, 1.807) is 0 Å². The van der Waals surface area contributed by atoms with Gasteiger partial charge in [0.25, 0.3) is 0 Å². The van der Waals surface area contributed by atoms with Crippen LogP contribution in [0.4, 0.5) is 0 Å². The zero-order valence-corrected chi connectivity index (χ0v) is 3.87. The maximum Gasteiger partial charge on any atom is 0.328 e. The largest absolute Gasteiger partial charge is 0.478 e. The van der Waals surface area contributed by atoms with Crippen LogP contribution in [-0.4, -0.2) is 22.2 Å². The molecule has 0 fully saturated rings. The molecule has 0 spiro atoms. The average molecular weight is 118 g/mol. The van der Waals surface area contributed by atoms with Crippen LogP contribution < -0.4 is 0 Å². The summed E-state index contributed by atoms with van der Waals surface area (Å²) in [6.45, 7) is 0. The number of carboxylic acids is 2. The number of hydrogen-bond donors (Lipinski definition) is 2. The van der Waals surface area contributed by atoms with E-state index in [1.807, 2.05) is 0 Å². The second kappa shape index (κ2) is 2.79. The zero-order valence-electron chi connectivity index (χ0n) is 3.87. The van der Waals surface area contributed by atoms with Gasteiger partial charge in [0, 0.05) is 13.6 Å². The van der Waals surface area contributed by atoms with Crippen LogP contribution in [0.15, 0.2) is 12.2 Å². The summed E-state index contributed by atoms with van der Waals surface area (Å²) < 4.78 is 0. The fourth-order valence-electron chi connectivity index (χ4n) is 0.143. The summed E-state index contributed by atoms with van der Waals surface area (Å²) in [6, 6.07) is 0. The molecule has 0 unspecified atom stereocenters. The smallest absolute Gasteiger partial charge is 0.328 e. The molecule has 0 aromatic heterocycles. The molecule has 0 saturated carbocycles. The van der Waals surface area contributed by atoms with Crippen molar-refractivity contribution in [2.75, 3.05) is 0 Å². The molecular formula is C4H6O4. The molecule has 0 heterocycles. The molecule has 0 bridgehead atoms. The van der Waals surface area contributed by atoms with E-state index in [1.165, 1.54) is 0 Å². The third-order valence-corrected chi connectivity index (χ3v) is 0.368. The molecule has 0 saturated heterocycles. The lowest BCUT2D eigenvalue weighted by atomic mass is 10.5. The van der Waals surface area contributed by atoms with Gasteiger partial charge in [-0.25, -0.2) is 9.59 Å². The fraction of sp³-hybridized carbons (Fsp3) is 0. The zero-order chi connectivity index (χ0) is 6.57. The number of rotatable bonds is 2. The molecule has 4 heteroatoms. The Bertz CT molecular complexity index is 124. The van der Waals surface area contributed by atoms with E-state index in [2.05, 4.69) is 0 Å². The Balaban J connectivity index is 0. The van der Waals surface area contributed by atoms with Crippen molar-refractivity contribution in [1.82, 2.24) is 0 Å². The van der Waals surface area contributed by atoms with E-state index in [0.29, 0.717) is 12.2 Å². The van der Waals surface area contributed by atoms with Crippen LogP contribution >= 0.6 is 0 Å². The highest BCUT2D eigenvalue weighted by Gasteiger charge is 1.88. The molecule has 0 rings (SSSR count). The Morgan fingerprint density at radius 3 is 1.50 bits per heavy atom. The maximum atomic E-state index is 9.55. The van der Waals surface area contributed by atoms with Crippen LogP contribution in [0.2, 0.25) is 0 Å². The molecule has 0 radical (unpaired) electrons. The van der Waals surface area contributed by atoms with E-state index >= 15 is 0 Å². The van der Waals surface area contributed by atoms with Gasteiger partial charge in [0.1, 0.15) is 0 Å². The van der Waals surface area contributed by atoms with Crippen molar-refractivity contribution in [3.63, 3.8) is 0 Å².